The highest BCUT2D eigenvalue weighted by atomic mass is 16.5. The second-order valence-electron chi connectivity index (χ2n) is 5.82. The van der Waals surface area contributed by atoms with Crippen molar-refractivity contribution in [2.45, 2.75) is 70.9 Å². The monoisotopic (exact) mass is 279 g/mol. The molecule has 1 N–H and O–H groups in total. The van der Waals surface area contributed by atoms with Gasteiger partial charge in [0.1, 0.15) is 0 Å². The maximum atomic E-state index is 6.08. The van der Waals surface area contributed by atoms with E-state index in [9.17, 15) is 0 Å². The van der Waals surface area contributed by atoms with Gasteiger partial charge in [0.25, 0.3) is 0 Å². The molecule has 0 amide bonds. The second kappa shape index (κ2) is 7.11. The lowest BCUT2D eigenvalue weighted by Crippen LogP contribution is -2.39. The van der Waals surface area contributed by atoms with E-state index in [4.69, 9.17) is 4.74 Å². The molecule has 0 spiro atoms. The Labute approximate surface area is 122 Å². The van der Waals surface area contributed by atoms with Crippen LogP contribution in [0.1, 0.15) is 65.3 Å². The molecule has 4 nitrogen and oxygen atoms in total. The maximum absolute atomic E-state index is 6.08. The van der Waals surface area contributed by atoms with Crippen LogP contribution >= 0.6 is 0 Å². The summed E-state index contributed by atoms with van der Waals surface area (Å²) in [5.41, 5.74) is 0.0634. The molecule has 0 radical (unpaired) electrons. The van der Waals surface area contributed by atoms with Crippen LogP contribution in [0.3, 0.4) is 0 Å². The summed E-state index contributed by atoms with van der Waals surface area (Å²) in [7, 11) is 0. The van der Waals surface area contributed by atoms with Crippen molar-refractivity contribution in [1.82, 2.24) is 9.55 Å². The summed E-state index contributed by atoms with van der Waals surface area (Å²) >= 11 is 0. The molecule has 1 aliphatic rings. The van der Waals surface area contributed by atoms with Crippen molar-refractivity contribution in [3.05, 3.63) is 12.4 Å². The third kappa shape index (κ3) is 3.35. The Kier molecular flexibility index (Phi) is 5.46. The van der Waals surface area contributed by atoms with E-state index in [1.807, 2.05) is 6.20 Å². The molecule has 114 valence electrons. The fraction of sp³-hybridized carbons (Fsp3) is 0.812. The molecule has 1 fully saturated rings. The van der Waals surface area contributed by atoms with E-state index in [0.717, 1.165) is 44.8 Å². The Morgan fingerprint density at radius 1 is 1.40 bits per heavy atom. The number of unbranched alkanes of at least 4 members (excludes halogenated alkanes) is 1. The molecule has 0 bridgehead atoms. The molecule has 1 atom stereocenters. The van der Waals surface area contributed by atoms with E-state index in [1.165, 1.54) is 12.8 Å². The molecule has 2 rings (SSSR count). The van der Waals surface area contributed by atoms with Crippen molar-refractivity contribution in [3.63, 3.8) is 0 Å². The minimum absolute atomic E-state index is 0.0634. The normalized spacial score (nSPS) is 21.9. The Bertz CT molecular complexity index is 398. The number of anilines is 1. The number of hydrogen-bond acceptors (Lipinski definition) is 3. The molecule has 1 saturated heterocycles. The lowest BCUT2D eigenvalue weighted by molar-refractivity contribution is -0.0984. The summed E-state index contributed by atoms with van der Waals surface area (Å²) in [5.74, 6) is 1.02. The van der Waals surface area contributed by atoms with E-state index in [-0.39, 0.29) is 5.60 Å². The van der Waals surface area contributed by atoms with Crippen molar-refractivity contribution in [1.29, 1.82) is 0 Å². The number of imidazole rings is 1. The Balaban J connectivity index is 2.05. The average Bonchev–Trinajstić information content (AvgIpc) is 2.96. The number of nitrogens with zero attached hydrogens (tertiary/aromatic N) is 2. The third-order valence-electron chi connectivity index (χ3n) is 4.63. The van der Waals surface area contributed by atoms with Crippen LogP contribution < -0.4 is 5.32 Å². The average molecular weight is 279 g/mol. The van der Waals surface area contributed by atoms with E-state index in [0.29, 0.717) is 6.04 Å². The first-order chi connectivity index (χ1) is 9.74. The standard InChI is InChI=1S/C16H29N3O/c1-4-7-9-17-15-18-10-11-19(15)14-8-12-20-16(5-2,6-3)13-14/h10-11,14H,4-9,12-13H2,1-3H3,(H,17,18). The molecule has 1 unspecified atom stereocenters. The minimum atomic E-state index is 0.0634. The van der Waals surface area contributed by atoms with Gasteiger partial charge in [-0.05, 0) is 32.1 Å². The van der Waals surface area contributed by atoms with Crippen LogP contribution in [0.5, 0.6) is 0 Å². The molecular weight excluding hydrogens is 250 g/mol. The van der Waals surface area contributed by atoms with Gasteiger partial charge in [0.15, 0.2) is 0 Å². The first kappa shape index (κ1) is 15.4. The largest absolute Gasteiger partial charge is 0.375 e. The van der Waals surface area contributed by atoms with E-state index < -0.39 is 0 Å². The molecule has 20 heavy (non-hydrogen) atoms. The molecule has 4 heteroatoms. The highest BCUT2D eigenvalue weighted by Gasteiger charge is 2.35. The number of ether oxygens (including phenoxy) is 1. The molecular formula is C16H29N3O. The van der Waals surface area contributed by atoms with Crippen LogP contribution in [0.2, 0.25) is 0 Å². The molecule has 2 heterocycles. The van der Waals surface area contributed by atoms with Gasteiger partial charge in [0, 0.05) is 31.6 Å². The Morgan fingerprint density at radius 2 is 2.20 bits per heavy atom. The first-order valence-corrected chi connectivity index (χ1v) is 8.15. The van der Waals surface area contributed by atoms with Crippen molar-refractivity contribution < 1.29 is 4.74 Å². The minimum Gasteiger partial charge on any atom is -0.375 e. The number of nitrogens with one attached hydrogen (secondary N) is 1. The van der Waals surface area contributed by atoms with Crippen LogP contribution in [0.15, 0.2) is 12.4 Å². The Hall–Kier alpha value is -1.03. The highest BCUT2D eigenvalue weighted by molar-refractivity contribution is 5.26. The molecule has 1 aromatic heterocycles. The number of aromatic nitrogens is 2. The van der Waals surface area contributed by atoms with Gasteiger partial charge in [-0.25, -0.2) is 4.98 Å². The zero-order valence-corrected chi connectivity index (χ0v) is 13.2. The predicted molar refractivity (Wildman–Crippen MR) is 83.2 cm³/mol. The van der Waals surface area contributed by atoms with Crippen molar-refractivity contribution in [3.8, 4) is 0 Å². The van der Waals surface area contributed by atoms with E-state index in [2.05, 4.69) is 41.8 Å². The summed E-state index contributed by atoms with van der Waals surface area (Å²) in [6.07, 6.45) is 10.8. The van der Waals surface area contributed by atoms with Gasteiger partial charge in [-0.2, -0.15) is 0 Å². The summed E-state index contributed by atoms with van der Waals surface area (Å²) < 4.78 is 8.39. The van der Waals surface area contributed by atoms with Crippen LogP contribution in [-0.2, 0) is 4.74 Å². The van der Waals surface area contributed by atoms with Gasteiger partial charge in [0.05, 0.1) is 5.60 Å². The van der Waals surface area contributed by atoms with Crippen molar-refractivity contribution in [2.75, 3.05) is 18.5 Å². The van der Waals surface area contributed by atoms with Crippen LogP contribution in [0, 0.1) is 0 Å². The Morgan fingerprint density at radius 3 is 2.90 bits per heavy atom. The maximum Gasteiger partial charge on any atom is 0.203 e. The van der Waals surface area contributed by atoms with Gasteiger partial charge in [0.2, 0.25) is 5.95 Å². The molecule has 1 aromatic rings. The summed E-state index contributed by atoms with van der Waals surface area (Å²) in [6.45, 7) is 8.55. The lowest BCUT2D eigenvalue weighted by atomic mass is 9.86. The van der Waals surface area contributed by atoms with Crippen LogP contribution in [0.25, 0.3) is 0 Å². The molecule has 0 saturated carbocycles. The van der Waals surface area contributed by atoms with Gasteiger partial charge >= 0.3 is 0 Å². The highest BCUT2D eigenvalue weighted by Crippen LogP contribution is 2.38. The summed E-state index contributed by atoms with van der Waals surface area (Å²) in [4.78, 5) is 4.47. The molecule has 0 aliphatic carbocycles. The zero-order valence-electron chi connectivity index (χ0n) is 13.2. The molecule has 1 aliphatic heterocycles. The number of rotatable bonds is 7. The fourth-order valence-corrected chi connectivity index (χ4v) is 3.10. The SMILES string of the molecule is CCCCNc1nccn1C1CCOC(CC)(CC)C1. The second-order valence-corrected chi connectivity index (χ2v) is 5.82. The van der Waals surface area contributed by atoms with Crippen LogP contribution in [0.4, 0.5) is 5.95 Å². The zero-order chi connectivity index (χ0) is 14.4. The predicted octanol–water partition coefficient (Wildman–Crippen LogP) is 4.01. The smallest absolute Gasteiger partial charge is 0.203 e. The van der Waals surface area contributed by atoms with Gasteiger partial charge in [-0.15, -0.1) is 0 Å². The van der Waals surface area contributed by atoms with E-state index >= 15 is 0 Å². The third-order valence-corrected chi connectivity index (χ3v) is 4.63. The van der Waals surface area contributed by atoms with Crippen LogP contribution in [-0.4, -0.2) is 28.3 Å². The van der Waals surface area contributed by atoms with Crippen molar-refractivity contribution >= 4 is 5.95 Å². The van der Waals surface area contributed by atoms with Crippen molar-refractivity contribution in [2.24, 2.45) is 0 Å². The van der Waals surface area contributed by atoms with Gasteiger partial charge < -0.3 is 14.6 Å². The lowest BCUT2D eigenvalue weighted by Gasteiger charge is -2.40. The summed E-state index contributed by atoms with van der Waals surface area (Å²) in [6, 6.07) is 0.510. The van der Waals surface area contributed by atoms with Gasteiger partial charge in [-0.1, -0.05) is 27.2 Å². The summed E-state index contributed by atoms with van der Waals surface area (Å²) in [5, 5.41) is 3.47. The topological polar surface area (TPSA) is 39.1 Å². The van der Waals surface area contributed by atoms with Gasteiger partial charge in [-0.3, -0.25) is 0 Å². The first-order valence-electron chi connectivity index (χ1n) is 8.15. The van der Waals surface area contributed by atoms with E-state index in [1.54, 1.807) is 0 Å². The quantitative estimate of drug-likeness (QED) is 0.767. The number of hydrogen-bond donors (Lipinski definition) is 1. The fourth-order valence-electron chi connectivity index (χ4n) is 3.10. The molecule has 0 aromatic carbocycles.